The average molecular weight is 348 g/mol. The predicted octanol–water partition coefficient (Wildman–Crippen LogP) is 7.21. The lowest BCUT2D eigenvalue weighted by Gasteiger charge is -2.19. The van der Waals surface area contributed by atoms with Gasteiger partial charge in [-0.1, -0.05) is 76.2 Å². The van der Waals surface area contributed by atoms with Crippen LogP contribution in [-0.2, 0) is 6.42 Å². The van der Waals surface area contributed by atoms with Gasteiger partial charge in [-0.25, -0.2) is 0 Å². The van der Waals surface area contributed by atoms with Crippen LogP contribution in [0.5, 0.6) is 0 Å². The third-order valence-electron chi connectivity index (χ3n) is 4.78. The van der Waals surface area contributed by atoms with Gasteiger partial charge in [-0.2, -0.15) is 13.2 Å². The van der Waals surface area contributed by atoms with Gasteiger partial charge >= 0.3 is 6.18 Å². The molecule has 2 atom stereocenters. The molecule has 0 saturated heterocycles. The Balaban J connectivity index is 2.09. The molecular formula is C22H27F3. The number of rotatable bonds is 6. The van der Waals surface area contributed by atoms with Gasteiger partial charge in [0.15, 0.2) is 0 Å². The van der Waals surface area contributed by atoms with E-state index >= 15 is 0 Å². The van der Waals surface area contributed by atoms with Crippen LogP contribution in [0.1, 0.15) is 74.1 Å². The summed E-state index contributed by atoms with van der Waals surface area (Å²) >= 11 is 0. The molecule has 0 radical (unpaired) electrons. The second-order valence-corrected chi connectivity index (χ2v) is 7.35. The van der Waals surface area contributed by atoms with E-state index in [-0.39, 0.29) is 0 Å². The third kappa shape index (κ3) is 5.62. The highest BCUT2D eigenvalue weighted by atomic mass is 19.4. The number of benzene rings is 2. The highest BCUT2D eigenvalue weighted by molar-refractivity contribution is 5.34. The van der Waals surface area contributed by atoms with Gasteiger partial charge in [0.05, 0.1) is 6.42 Å². The summed E-state index contributed by atoms with van der Waals surface area (Å²) in [5.74, 6) is 0.342. The molecule has 0 N–H and O–H groups in total. The maximum absolute atomic E-state index is 12.5. The molecule has 3 heteroatoms. The summed E-state index contributed by atoms with van der Waals surface area (Å²) < 4.78 is 37.6. The summed E-state index contributed by atoms with van der Waals surface area (Å²) in [6.07, 6.45) is -4.00. The number of hydrogen-bond acceptors (Lipinski definition) is 0. The molecule has 0 aromatic heterocycles. The normalized spacial score (nSPS) is 14.6. The first-order chi connectivity index (χ1) is 11.7. The molecular weight excluding hydrogens is 321 g/mol. The highest BCUT2D eigenvalue weighted by Crippen LogP contribution is 2.32. The Morgan fingerprint density at radius 1 is 0.760 bits per heavy atom. The first-order valence-electron chi connectivity index (χ1n) is 8.91. The monoisotopic (exact) mass is 348 g/mol. The predicted molar refractivity (Wildman–Crippen MR) is 98.2 cm³/mol. The van der Waals surface area contributed by atoms with E-state index in [0.29, 0.717) is 11.8 Å². The minimum atomic E-state index is -4.12. The molecule has 0 bridgehead atoms. The van der Waals surface area contributed by atoms with Gasteiger partial charge in [-0.05, 0) is 46.4 Å². The van der Waals surface area contributed by atoms with Crippen molar-refractivity contribution in [3.63, 3.8) is 0 Å². The molecule has 0 heterocycles. The quantitative estimate of drug-likeness (QED) is 0.517. The Morgan fingerprint density at radius 2 is 1.32 bits per heavy atom. The van der Waals surface area contributed by atoms with E-state index in [1.165, 1.54) is 11.1 Å². The van der Waals surface area contributed by atoms with Gasteiger partial charge < -0.3 is 0 Å². The molecule has 0 aliphatic rings. The minimum Gasteiger partial charge on any atom is -0.171 e. The maximum atomic E-state index is 12.5. The van der Waals surface area contributed by atoms with Gasteiger partial charge in [-0.3, -0.25) is 0 Å². The molecule has 25 heavy (non-hydrogen) atoms. The van der Waals surface area contributed by atoms with Gasteiger partial charge in [-0.15, -0.1) is 0 Å². The summed E-state index contributed by atoms with van der Waals surface area (Å²) in [5.41, 5.74) is 4.63. The zero-order valence-electron chi connectivity index (χ0n) is 15.4. The summed E-state index contributed by atoms with van der Waals surface area (Å²) in [6.45, 7) is 8.23. The Bertz CT molecular complexity index is 668. The van der Waals surface area contributed by atoms with Crippen molar-refractivity contribution in [1.29, 1.82) is 0 Å². The molecule has 2 aromatic carbocycles. The molecule has 0 aliphatic heterocycles. The van der Waals surface area contributed by atoms with Crippen molar-refractivity contribution in [2.24, 2.45) is 0 Å². The van der Waals surface area contributed by atoms with Crippen LogP contribution in [-0.4, -0.2) is 6.18 Å². The second kappa shape index (κ2) is 8.07. The Morgan fingerprint density at radius 3 is 1.84 bits per heavy atom. The van der Waals surface area contributed by atoms with E-state index < -0.39 is 18.5 Å². The van der Waals surface area contributed by atoms with Gasteiger partial charge in [0.2, 0.25) is 0 Å². The van der Waals surface area contributed by atoms with E-state index in [1.54, 1.807) is 6.92 Å². The Hall–Kier alpha value is -1.77. The zero-order chi connectivity index (χ0) is 18.6. The summed E-state index contributed by atoms with van der Waals surface area (Å²) in [6, 6.07) is 16.1. The lowest BCUT2D eigenvalue weighted by molar-refractivity contribution is -0.137. The molecule has 0 saturated carbocycles. The fraction of sp³-hybridized carbons (Fsp3) is 0.455. The molecule has 0 spiro atoms. The van der Waals surface area contributed by atoms with Crippen molar-refractivity contribution in [2.75, 3.05) is 0 Å². The summed E-state index contributed by atoms with van der Waals surface area (Å²) in [7, 11) is 0. The van der Waals surface area contributed by atoms with Crippen molar-refractivity contribution in [1.82, 2.24) is 0 Å². The fourth-order valence-corrected chi connectivity index (χ4v) is 3.40. The van der Waals surface area contributed by atoms with Crippen LogP contribution in [0.25, 0.3) is 0 Å². The van der Waals surface area contributed by atoms with E-state index in [9.17, 15) is 13.2 Å². The maximum Gasteiger partial charge on any atom is 0.389 e. The van der Waals surface area contributed by atoms with Crippen molar-refractivity contribution >= 4 is 0 Å². The fourth-order valence-electron chi connectivity index (χ4n) is 3.40. The van der Waals surface area contributed by atoms with Crippen LogP contribution >= 0.6 is 0 Å². The highest BCUT2D eigenvalue weighted by Gasteiger charge is 2.30. The number of alkyl halides is 3. The summed E-state index contributed by atoms with van der Waals surface area (Å²) in [4.78, 5) is 0. The van der Waals surface area contributed by atoms with Crippen molar-refractivity contribution in [3.05, 3.63) is 70.8 Å². The molecule has 2 aromatic rings. The minimum absolute atomic E-state index is 0.372. The molecule has 0 nitrogen and oxygen atoms in total. The molecule has 0 amide bonds. The largest absolute Gasteiger partial charge is 0.389 e. The van der Waals surface area contributed by atoms with Crippen LogP contribution in [0, 0.1) is 0 Å². The van der Waals surface area contributed by atoms with Gasteiger partial charge in [0, 0.05) is 0 Å². The summed E-state index contributed by atoms with van der Waals surface area (Å²) in [5, 5.41) is 0. The molecule has 2 unspecified atom stereocenters. The van der Waals surface area contributed by atoms with Crippen LogP contribution < -0.4 is 0 Å². The van der Waals surface area contributed by atoms with Crippen LogP contribution in [0.15, 0.2) is 48.5 Å². The Kier molecular flexibility index (Phi) is 6.31. The average Bonchev–Trinajstić information content (AvgIpc) is 2.53. The smallest absolute Gasteiger partial charge is 0.171 e. The molecule has 0 aliphatic carbocycles. The third-order valence-corrected chi connectivity index (χ3v) is 4.78. The molecule has 0 fully saturated rings. The van der Waals surface area contributed by atoms with Crippen LogP contribution in [0.4, 0.5) is 13.2 Å². The second-order valence-electron chi connectivity index (χ2n) is 7.35. The van der Waals surface area contributed by atoms with Crippen LogP contribution in [0.3, 0.4) is 0 Å². The van der Waals surface area contributed by atoms with Crippen molar-refractivity contribution in [2.45, 2.75) is 64.5 Å². The van der Waals surface area contributed by atoms with E-state index in [4.69, 9.17) is 0 Å². The van der Waals surface area contributed by atoms with E-state index in [0.717, 1.165) is 17.5 Å². The van der Waals surface area contributed by atoms with Crippen molar-refractivity contribution in [3.8, 4) is 0 Å². The lowest BCUT2D eigenvalue weighted by atomic mass is 9.86. The number of hydrogen-bond donors (Lipinski definition) is 0. The standard InChI is InChI=1S/C22H27F3/c1-15(2)20-7-5-6-8-21(20)16(3)13-18-9-11-19(12-10-18)17(4)14-22(23,24)25/h5-12,15-17H,13-14H2,1-4H3. The Labute approximate surface area is 149 Å². The number of halogens is 3. The molecule has 136 valence electrons. The molecule has 2 rings (SSSR count). The van der Waals surface area contributed by atoms with Crippen molar-refractivity contribution < 1.29 is 13.2 Å². The van der Waals surface area contributed by atoms with Gasteiger partial charge in [0.25, 0.3) is 0 Å². The first-order valence-corrected chi connectivity index (χ1v) is 8.91. The van der Waals surface area contributed by atoms with Crippen LogP contribution in [0.2, 0.25) is 0 Å². The first kappa shape index (κ1) is 19.6. The SMILES string of the molecule is CC(C)c1ccccc1C(C)Cc1ccc(C(C)CC(F)(F)F)cc1. The van der Waals surface area contributed by atoms with E-state index in [1.807, 2.05) is 24.3 Å². The van der Waals surface area contributed by atoms with Gasteiger partial charge in [0.1, 0.15) is 0 Å². The lowest BCUT2D eigenvalue weighted by Crippen LogP contribution is -2.12. The van der Waals surface area contributed by atoms with E-state index in [2.05, 4.69) is 45.0 Å². The zero-order valence-corrected chi connectivity index (χ0v) is 15.4. The topological polar surface area (TPSA) is 0 Å².